The molecule has 0 aliphatic rings. The molecule has 3 unspecified atom stereocenters. The lowest BCUT2D eigenvalue weighted by Crippen LogP contribution is -2.45. The van der Waals surface area contributed by atoms with E-state index in [0.717, 1.165) is 38.5 Å². The first-order valence-electron chi connectivity index (χ1n) is 23.2. The molecule has 0 aliphatic carbocycles. The second-order valence-corrected chi connectivity index (χ2v) is 18.6. The number of likely N-dealkylation sites (N-methyl/N-ethyl adjacent to an activating group) is 1. The summed E-state index contributed by atoms with van der Waals surface area (Å²) >= 11 is 0. The lowest BCUT2D eigenvalue weighted by molar-refractivity contribution is -0.870. The number of hydrogen-bond donors (Lipinski definition) is 3. The fourth-order valence-corrected chi connectivity index (χ4v) is 7.42. The summed E-state index contributed by atoms with van der Waals surface area (Å²) in [6.45, 7) is 4.80. The van der Waals surface area contributed by atoms with Crippen molar-refractivity contribution in [2.24, 2.45) is 0 Å². The molecule has 0 rings (SSSR count). The van der Waals surface area contributed by atoms with Crippen LogP contribution in [0.4, 0.5) is 0 Å². The number of amides is 1. The minimum atomic E-state index is -4.33. The fraction of sp³-hybridized carbons (Fsp3) is 0.891. The molecule has 1 amide bonds. The number of allylic oxidation sites excluding steroid dienone is 3. The molecule has 0 aliphatic heterocycles. The van der Waals surface area contributed by atoms with Crippen LogP contribution < -0.4 is 5.32 Å². The molecule has 0 saturated heterocycles. The van der Waals surface area contributed by atoms with Gasteiger partial charge in [0.25, 0.3) is 0 Å². The number of nitrogens with one attached hydrogen (secondary N) is 1. The molecule has 0 spiro atoms. The van der Waals surface area contributed by atoms with Gasteiger partial charge in [0.1, 0.15) is 13.2 Å². The third kappa shape index (κ3) is 41.0. The van der Waals surface area contributed by atoms with E-state index in [9.17, 15) is 19.4 Å². The molecule has 0 heterocycles. The molecule has 0 fully saturated rings. The molecule has 0 bridgehead atoms. The van der Waals surface area contributed by atoms with Gasteiger partial charge in [-0.1, -0.05) is 186 Å². The summed E-state index contributed by atoms with van der Waals surface area (Å²) in [5.74, 6) is -0.179. The lowest BCUT2D eigenvalue weighted by Gasteiger charge is -2.25. The standard InChI is InChI=1S/C46H91N2O6P/c1-6-8-10-12-14-16-18-19-20-21-22-23-24-25-26-27-28-29-30-32-34-36-38-40-46(50)47-44(43-54-55(51,52)53-42-41-48(3,4)5)45(49)39-37-35-33-31-17-15-13-11-9-7-2/h21-22,37,39,44-45,49H,6-20,23-36,38,40-43H2,1-5H3,(H-,47,50,51,52)/p+1/b22-21-,39-37+. The van der Waals surface area contributed by atoms with Crippen molar-refractivity contribution in [2.45, 2.75) is 225 Å². The van der Waals surface area contributed by atoms with Gasteiger partial charge < -0.3 is 19.8 Å². The number of hydrogen-bond acceptors (Lipinski definition) is 5. The maximum atomic E-state index is 12.9. The van der Waals surface area contributed by atoms with Crippen LogP contribution >= 0.6 is 7.82 Å². The average molecular weight is 800 g/mol. The van der Waals surface area contributed by atoms with Crippen LogP contribution in [0.3, 0.4) is 0 Å². The maximum absolute atomic E-state index is 12.9. The third-order valence-corrected chi connectivity index (χ3v) is 11.4. The van der Waals surface area contributed by atoms with Crippen molar-refractivity contribution in [1.82, 2.24) is 5.32 Å². The lowest BCUT2D eigenvalue weighted by atomic mass is 10.0. The van der Waals surface area contributed by atoms with Gasteiger partial charge in [-0.3, -0.25) is 13.8 Å². The van der Waals surface area contributed by atoms with Gasteiger partial charge in [0.2, 0.25) is 5.91 Å². The predicted molar refractivity (Wildman–Crippen MR) is 235 cm³/mol. The van der Waals surface area contributed by atoms with Crippen molar-refractivity contribution in [3.05, 3.63) is 24.3 Å². The molecule has 0 aromatic carbocycles. The van der Waals surface area contributed by atoms with Crippen molar-refractivity contribution in [3.63, 3.8) is 0 Å². The molecule has 55 heavy (non-hydrogen) atoms. The Morgan fingerprint density at radius 3 is 1.40 bits per heavy atom. The topological polar surface area (TPSA) is 105 Å². The third-order valence-electron chi connectivity index (χ3n) is 10.4. The van der Waals surface area contributed by atoms with Crippen LogP contribution in [0, 0.1) is 0 Å². The Kier molecular flexibility index (Phi) is 37.8. The Morgan fingerprint density at radius 2 is 0.982 bits per heavy atom. The largest absolute Gasteiger partial charge is 0.472 e. The molecule has 0 aromatic rings. The Labute approximate surface area is 341 Å². The monoisotopic (exact) mass is 800 g/mol. The van der Waals surface area contributed by atoms with Crippen LogP contribution in [0.2, 0.25) is 0 Å². The van der Waals surface area contributed by atoms with E-state index < -0.39 is 20.0 Å². The van der Waals surface area contributed by atoms with Gasteiger partial charge in [0.05, 0.1) is 39.9 Å². The summed E-state index contributed by atoms with van der Waals surface area (Å²) in [4.78, 5) is 23.1. The average Bonchev–Trinajstić information content (AvgIpc) is 3.13. The summed E-state index contributed by atoms with van der Waals surface area (Å²) in [6, 6.07) is -0.842. The first kappa shape index (κ1) is 54.0. The van der Waals surface area contributed by atoms with Crippen LogP contribution in [0.25, 0.3) is 0 Å². The van der Waals surface area contributed by atoms with Gasteiger partial charge in [-0.15, -0.1) is 0 Å². The number of nitrogens with zero attached hydrogens (tertiary/aromatic N) is 1. The van der Waals surface area contributed by atoms with Crippen molar-refractivity contribution >= 4 is 13.7 Å². The number of aliphatic hydroxyl groups is 1. The van der Waals surface area contributed by atoms with Crippen LogP contribution in [0.15, 0.2) is 24.3 Å². The Bertz CT molecular complexity index is 953. The number of phosphoric acid groups is 1. The van der Waals surface area contributed by atoms with Crippen molar-refractivity contribution in [2.75, 3.05) is 40.9 Å². The number of rotatable bonds is 42. The van der Waals surface area contributed by atoms with Crippen LogP contribution in [0.5, 0.6) is 0 Å². The van der Waals surface area contributed by atoms with Crippen molar-refractivity contribution < 1.29 is 32.9 Å². The molecule has 8 nitrogen and oxygen atoms in total. The van der Waals surface area contributed by atoms with Gasteiger partial charge >= 0.3 is 7.82 Å². The van der Waals surface area contributed by atoms with Gasteiger partial charge in [0, 0.05) is 6.42 Å². The zero-order valence-electron chi connectivity index (χ0n) is 36.9. The predicted octanol–water partition coefficient (Wildman–Crippen LogP) is 12.9. The highest BCUT2D eigenvalue weighted by molar-refractivity contribution is 7.47. The van der Waals surface area contributed by atoms with Crippen molar-refractivity contribution in [3.8, 4) is 0 Å². The van der Waals surface area contributed by atoms with E-state index in [0.29, 0.717) is 17.4 Å². The molecule has 0 saturated carbocycles. The zero-order valence-corrected chi connectivity index (χ0v) is 37.8. The fourth-order valence-electron chi connectivity index (χ4n) is 6.68. The van der Waals surface area contributed by atoms with E-state index >= 15 is 0 Å². The summed E-state index contributed by atoms with van der Waals surface area (Å²) < 4.78 is 23.5. The quantitative estimate of drug-likeness (QED) is 0.0246. The van der Waals surface area contributed by atoms with Crippen LogP contribution in [-0.4, -0.2) is 73.4 Å². The molecule has 0 radical (unpaired) electrons. The van der Waals surface area contributed by atoms with Gasteiger partial charge in [-0.05, 0) is 44.9 Å². The summed E-state index contributed by atoms with van der Waals surface area (Å²) in [5, 5.41) is 13.8. The highest BCUT2D eigenvalue weighted by atomic mass is 31.2. The maximum Gasteiger partial charge on any atom is 0.472 e. The first-order chi connectivity index (χ1) is 26.5. The van der Waals surface area contributed by atoms with E-state index in [-0.39, 0.29) is 19.1 Å². The SMILES string of the molecule is CCCCCCCCCC/C=C\CCCCCCCCCCCCCC(=O)NC(COP(=O)(O)OCC[N+](C)(C)C)C(O)/C=C/CCCCCCCCCC. The van der Waals surface area contributed by atoms with Gasteiger partial charge in [-0.2, -0.15) is 0 Å². The summed E-state index contributed by atoms with van der Waals surface area (Å²) in [6.07, 6.45) is 45.4. The second kappa shape index (κ2) is 38.5. The Morgan fingerprint density at radius 1 is 0.600 bits per heavy atom. The molecular weight excluding hydrogens is 707 g/mol. The molecule has 326 valence electrons. The molecule has 0 aromatic heterocycles. The van der Waals surface area contributed by atoms with E-state index in [1.165, 1.54) is 154 Å². The highest BCUT2D eigenvalue weighted by Crippen LogP contribution is 2.43. The highest BCUT2D eigenvalue weighted by Gasteiger charge is 2.27. The Balaban J connectivity index is 4.21. The zero-order chi connectivity index (χ0) is 40.7. The first-order valence-corrected chi connectivity index (χ1v) is 24.7. The molecule has 9 heteroatoms. The second-order valence-electron chi connectivity index (χ2n) is 17.1. The van der Waals surface area contributed by atoms with E-state index in [1.807, 2.05) is 27.2 Å². The number of phosphoric ester groups is 1. The molecular formula is C46H92N2O6P+. The normalized spacial score (nSPS) is 14.5. The summed E-state index contributed by atoms with van der Waals surface area (Å²) in [5.41, 5.74) is 0. The van der Waals surface area contributed by atoms with Gasteiger partial charge in [-0.25, -0.2) is 4.57 Å². The minimum absolute atomic E-state index is 0.0624. The number of unbranched alkanes of at least 4 members (excludes halogenated alkanes) is 27. The number of aliphatic hydroxyl groups excluding tert-OH is 1. The molecule has 3 N–H and O–H groups in total. The van der Waals surface area contributed by atoms with E-state index in [2.05, 4.69) is 31.3 Å². The van der Waals surface area contributed by atoms with Gasteiger partial charge in [0.15, 0.2) is 0 Å². The van der Waals surface area contributed by atoms with Crippen molar-refractivity contribution in [1.29, 1.82) is 0 Å². The molecule has 3 atom stereocenters. The number of carbonyl (C=O) groups is 1. The van der Waals surface area contributed by atoms with E-state index in [1.54, 1.807) is 6.08 Å². The number of carbonyl (C=O) groups excluding carboxylic acids is 1. The van der Waals surface area contributed by atoms with Crippen LogP contribution in [-0.2, 0) is 18.4 Å². The Hall–Kier alpha value is -1.02. The minimum Gasteiger partial charge on any atom is -0.387 e. The van der Waals surface area contributed by atoms with Crippen LogP contribution in [0.1, 0.15) is 213 Å². The summed E-state index contributed by atoms with van der Waals surface area (Å²) in [7, 11) is 1.57. The number of quaternary nitrogens is 1. The van der Waals surface area contributed by atoms with E-state index in [4.69, 9.17) is 9.05 Å². The smallest absolute Gasteiger partial charge is 0.387 e.